The zero-order valence-corrected chi connectivity index (χ0v) is 11.0. The van der Waals surface area contributed by atoms with E-state index >= 15 is 0 Å². The Kier molecular flexibility index (Phi) is 2.69. The van der Waals surface area contributed by atoms with Crippen LogP contribution < -0.4 is 10.2 Å². The number of nitrogens with one attached hydrogen (secondary N) is 1. The van der Waals surface area contributed by atoms with Crippen molar-refractivity contribution in [3.8, 4) is 0 Å². The molecule has 100 valence electrons. The van der Waals surface area contributed by atoms with Crippen LogP contribution in [0.3, 0.4) is 0 Å². The highest BCUT2D eigenvalue weighted by atomic mass is 16.3. The molecule has 4 rings (SSSR count). The molecule has 0 bridgehead atoms. The SMILES string of the molecule is c1cc2ncc(N3CCCC4CCNC4C3)cc2o1. The van der Waals surface area contributed by atoms with Crippen LogP contribution in [0.5, 0.6) is 0 Å². The Balaban J connectivity index is 1.62. The minimum atomic E-state index is 0.648. The first kappa shape index (κ1) is 11.3. The van der Waals surface area contributed by atoms with Crippen molar-refractivity contribution in [2.24, 2.45) is 5.92 Å². The van der Waals surface area contributed by atoms with Crippen LogP contribution in [0.2, 0.25) is 0 Å². The molecule has 19 heavy (non-hydrogen) atoms. The molecule has 0 aromatic carbocycles. The second-order valence-electron chi connectivity index (χ2n) is 5.70. The Bertz CT molecular complexity index is 580. The molecule has 0 aliphatic carbocycles. The number of rotatable bonds is 1. The van der Waals surface area contributed by atoms with Crippen molar-refractivity contribution >= 4 is 16.8 Å². The molecule has 4 heterocycles. The maximum Gasteiger partial charge on any atom is 0.154 e. The Morgan fingerprint density at radius 1 is 1.37 bits per heavy atom. The monoisotopic (exact) mass is 257 g/mol. The van der Waals surface area contributed by atoms with Crippen LogP contribution in [0.25, 0.3) is 11.1 Å². The number of furan rings is 1. The third-order valence-corrected chi connectivity index (χ3v) is 4.56. The van der Waals surface area contributed by atoms with E-state index in [0.29, 0.717) is 6.04 Å². The highest BCUT2D eigenvalue weighted by Gasteiger charge is 2.30. The number of anilines is 1. The molecule has 2 unspecified atom stereocenters. The number of pyridine rings is 1. The third kappa shape index (κ3) is 2.00. The van der Waals surface area contributed by atoms with E-state index in [1.165, 1.54) is 31.5 Å². The van der Waals surface area contributed by atoms with Gasteiger partial charge in [-0.25, -0.2) is 0 Å². The Labute approximate surface area is 112 Å². The zero-order chi connectivity index (χ0) is 12.7. The van der Waals surface area contributed by atoms with Crippen molar-refractivity contribution in [1.29, 1.82) is 0 Å². The van der Waals surface area contributed by atoms with Gasteiger partial charge in [-0.3, -0.25) is 4.98 Å². The molecule has 0 saturated carbocycles. The number of hydrogen-bond donors (Lipinski definition) is 1. The maximum atomic E-state index is 5.46. The minimum absolute atomic E-state index is 0.648. The fourth-order valence-electron chi connectivity index (χ4n) is 3.50. The van der Waals surface area contributed by atoms with Crippen molar-refractivity contribution in [1.82, 2.24) is 10.3 Å². The lowest BCUT2D eigenvalue weighted by Gasteiger charge is -2.26. The molecule has 2 aromatic heterocycles. The molecule has 1 N–H and O–H groups in total. The second kappa shape index (κ2) is 4.53. The lowest BCUT2D eigenvalue weighted by molar-refractivity contribution is 0.445. The molecule has 2 aliphatic rings. The van der Waals surface area contributed by atoms with Gasteiger partial charge in [-0.05, 0) is 31.7 Å². The Morgan fingerprint density at radius 3 is 3.37 bits per heavy atom. The molecule has 4 heteroatoms. The topological polar surface area (TPSA) is 41.3 Å². The summed E-state index contributed by atoms with van der Waals surface area (Å²) in [5, 5.41) is 3.64. The van der Waals surface area contributed by atoms with Gasteiger partial charge in [0.05, 0.1) is 18.1 Å². The molecule has 4 nitrogen and oxygen atoms in total. The largest absolute Gasteiger partial charge is 0.463 e. The smallest absolute Gasteiger partial charge is 0.154 e. The van der Waals surface area contributed by atoms with Gasteiger partial charge in [0, 0.05) is 31.3 Å². The number of aromatic nitrogens is 1. The van der Waals surface area contributed by atoms with E-state index in [1.807, 2.05) is 12.3 Å². The Morgan fingerprint density at radius 2 is 2.37 bits per heavy atom. The third-order valence-electron chi connectivity index (χ3n) is 4.56. The van der Waals surface area contributed by atoms with E-state index in [4.69, 9.17) is 4.42 Å². The summed E-state index contributed by atoms with van der Waals surface area (Å²) in [6, 6.07) is 4.68. The van der Waals surface area contributed by atoms with Crippen molar-refractivity contribution in [3.05, 3.63) is 24.6 Å². The summed E-state index contributed by atoms with van der Waals surface area (Å²) in [4.78, 5) is 6.93. The predicted octanol–water partition coefficient (Wildman–Crippen LogP) is 2.41. The van der Waals surface area contributed by atoms with Crippen LogP contribution in [-0.2, 0) is 0 Å². The fraction of sp³-hybridized carbons (Fsp3) is 0.533. The quantitative estimate of drug-likeness (QED) is 0.851. The van der Waals surface area contributed by atoms with Gasteiger partial charge >= 0.3 is 0 Å². The van der Waals surface area contributed by atoms with Gasteiger partial charge in [0.1, 0.15) is 5.52 Å². The number of nitrogens with zero attached hydrogens (tertiary/aromatic N) is 2. The van der Waals surface area contributed by atoms with Gasteiger partial charge in [0.2, 0.25) is 0 Å². The summed E-state index contributed by atoms with van der Waals surface area (Å²) in [6.07, 6.45) is 7.66. The van der Waals surface area contributed by atoms with E-state index in [2.05, 4.69) is 21.3 Å². The molecular weight excluding hydrogens is 238 g/mol. The molecule has 2 fully saturated rings. The summed E-state index contributed by atoms with van der Waals surface area (Å²) >= 11 is 0. The first-order valence-corrected chi connectivity index (χ1v) is 7.22. The Hall–Kier alpha value is -1.55. The average Bonchev–Trinajstić information content (AvgIpc) is 3.02. The first-order valence-electron chi connectivity index (χ1n) is 7.22. The van der Waals surface area contributed by atoms with Gasteiger partial charge in [-0.2, -0.15) is 0 Å². The summed E-state index contributed by atoms with van der Waals surface area (Å²) in [7, 11) is 0. The van der Waals surface area contributed by atoms with Crippen molar-refractivity contribution < 1.29 is 4.42 Å². The van der Waals surface area contributed by atoms with Gasteiger partial charge in [0.25, 0.3) is 0 Å². The molecule has 0 amide bonds. The molecule has 0 spiro atoms. The normalized spacial score (nSPS) is 27.5. The summed E-state index contributed by atoms with van der Waals surface area (Å²) < 4.78 is 5.46. The van der Waals surface area contributed by atoms with E-state index in [1.54, 1.807) is 6.26 Å². The molecular formula is C15H19N3O. The summed E-state index contributed by atoms with van der Waals surface area (Å²) in [5.41, 5.74) is 3.02. The van der Waals surface area contributed by atoms with Gasteiger partial charge < -0.3 is 14.6 Å². The van der Waals surface area contributed by atoms with Crippen molar-refractivity contribution in [2.45, 2.75) is 25.3 Å². The average molecular weight is 257 g/mol. The fourth-order valence-corrected chi connectivity index (χ4v) is 3.50. The standard InChI is InChI=1S/C15H19N3O/c1-2-11-3-5-16-14(11)10-18(6-1)12-8-15-13(17-9-12)4-7-19-15/h4,7-9,11,14,16H,1-3,5-6,10H2. The van der Waals surface area contributed by atoms with E-state index < -0.39 is 0 Å². The number of hydrogen-bond acceptors (Lipinski definition) is 4. The molecule has 2 atom stereocenters. The highest BCUT2D eigenvalue weighted by Crippen LogP contribution is 2.28. The summed E-state index contributed by atoms with van der Waals surface area (Å²) in [5.74, 6) is 0.866. The van der Waals surface area contributed by atoms with Crippen LogP contribution in [-0.4, -0.2) is 30.7 Å². The molecule has 2 aliphatic heterocycles. The van der Waals surface area contributed by atoms with Gasteiger partial charge in [-0.15, -0.1) is 0 Å². The molecule has 0 radical (unpaired) electrons. The van der Waals surface area contributed by atoms with Crippen molar-refractivity contribution in [3.63, 3.8) is 0 Å². The van der Waals surface area contributed by atoms with Gasteiger partial charge in [0.15, 0.2) is 5.58 Å². The lowest BCUT2D eigenvalue weighted by atomic mass is 9.97. The van der Waals surface area contributed by atoms with Crippen LogP contribution in [0.1, 0.15) is 19.3 Å². The van der Waals surface area contributed by atoms with Crippen LogP contribution in [0, 0.1) is 5.92 Å². The summed E-state index contributed by atoms with van der Waals surface area (Å²) in [6.45, 7) is 3.40. The van der Waals surface area contributed by atoms with E-state index in [-0.39, 0.29) is 0 Å². The molecule has 2 saturated heterocycles. The van der Waals surface area contributed by atoms with Crippen LogP contribution in [0.15, 0.2) is 29.0 Å². The lowest BCUT2D eigenvalue weighted by Crippen LogP contribution is -2.38. The van der Waals surface area contributed by atoms with Crippen LogP contribution >= 0.6 is 0 Å². The second-order valence-corrected chi connectivity index (χ2v) is 5.70. The van der Waals surface area contributed by atoms with Crippen molar-refractivity contribution in [2.75, 3.05) is 24.5 Å². The first-order chi connectivity index (χ1) is 9.40. The van der Waals surface area contributed by atoms with Gasteiger partial charge in [-0.1, -0.05) is 0 Å². The van der Waals surface area contributed by atoms with Crippen LogP contribution in [0.4, 0.5) is 5.69 Å². The highest BCUT2D eigenvalue weighted by molar-refractivity contribution is 5.76. The van der Waals surface area contributed by atoms with E-state index in [0.717, 1.165) is 30.1 Å². The van der Waals surface area contributed by atoms with E-state index in [9.17, 15) is 0 Å². The number of fused-ring (bicyclic) bond motifs is 2. The molecule has 2 aromatic rings. The predicted molar refractivity (Wildman–Crippen MR) is 75.4 cm³/mol. The maximum absolute atomic E-state index is 5.46. The minimum Gasteiger partial charge on any atom is -0.463 e. The zero-order valence-electron chi connectivity index (χ0n) is 11.0.